The van der Waals surface area contributed by atoms with Gasteiger partial charge in [-0.05, 0) is 53.1 Å². The Morgan fingerprint density at radius 1 is 0.514 bits per heavy atom. The van der Waals surface area contributed by atoms with Crippen molar-refractivity contribution in [1.29, 1.82) is 0 Å². The third-order valence-corrected chi connectivity index (χ3v) is 6.86. The van der Waals surface area contributed by atoms with E-state index in [9.17, 15) is 13.2 Å². The van der Waals surface area contributed by atoms with Gasteiger partial charge in [0.05, 0.1) is 0 Å². The largest absolute Gasteiger partial charge is 0.311 e. The van der Waals surface area contributed by atoms with E-state index in [4.69, 9.17) is 34.8 Å². The lowest BCUT2D eigenvalue weighted by atomic mass is 10.2. The van der Waals surface area contributed by atoms with E-state index < -0.39 is 0 Å². The lowest BCUT2D eigenvalue weighted by molar-refractivity contribution is 0.271. The first-order valence-electron chi connectivity index (χ1n) is 12.0. The minimum atomic E-state index is -0.358. The summed E-state index contributed by atoms with van der Waals surface area (Å²) in [6.07, 6.45) is 0. The zero-order chi connectivity index (χ0) is 26.6. The zero-order valence-corrected chi connectivity index (χ0v) is 22.5. The highest BCUT2D eigenvalue weighted by Gasteiger charge is 2.08. The lowest BCUT2D eigenvalue weighted by Crippen LogP contribution is -2.40. The van der Waals surface area contributed by atoms with Crippen molar-refractivity contribution < 1.29 is 13.2 Å². The summed E-state index contributed by atoms with van der Waals surface area (Å²) in [6, 6.07) is 13.1. The Labute approximate surface area is 231 Å². The Balaban J connectivity index is 1.45. The van der Waals surface area contributed by atoms with Gasteiger partial charge in [-0.2, -0.15) is 0 Å². The van der Waals surface area contributed by atoms with Crippen LogP contribution in [0.2, 0.25) is 15.1 Å². The first kappa shape index (κ1) is 29.7. The molecule has 0 aromatic heterocycles. The van der Waals surface area contributed by atoms with Gasteiger partial charge >= 0.3 is 0 Å². The van der Waals surface area contributed by atoms with E-state index >= 15 is 0 Å². The van der Waals surface area contributed by atoms with E-state index in [1.165, 1.54) is 36.4 Å². The number of hydrogen-bond donors (Lipinski definition) is 3. The second kappa shape index (κ2) is 15.5. The molecule has 0 aliphatic rings. The van der Waals surface area contributed by atoms with E-state index in [2.05, 4.69) is 20.9 Å². The van der Waals surface area contributed by atoms with Gasteiger partial charge in [-0.25, -0.2) is 13.2 Å². The maximum Gasteiger partial charge on any atom is 0.124 e. The topological polar surface area (TPSA) is 39.3 Å². The molecule has 0 aliphatic carbocycles. The van der Waals surface area contributed by atoms with E-state index in [-0.39, 0.29) is 17.5 Å². The van der Waals surface area contributed by atoms with Crippen molar-refractivity contribution in [2.24, 2.45) is 0 Å². The molecular formula is C27H30Cl3F3N4. The third kappa shape index (κ3) is 10.4. The molecule has 3 aromatic rings. The Morgan fingerprint density at radius 2 is 0.811 bits per heavy atom. The van der Waals surface area contributed by atoms with Crippen molar-refractivity contribution in [2.75, 3.05) is 39.3 Å². The Hall–Kier alpha value is -1.84. The van der Waals surface area contributed by atoms with E-state index in [0.29, 0.717) is 54.3 Å². The lowest BCUT2D eigenvalue weighted by Gasteiger charge is -2.23. The van der Waals surface area contributed by atoms with Crippen LogP contribution in [0.5, 0.6) is 0 Å². The number of halogens is 6. The second-order valence-electron chi connectivity index (χ2n) is 8.58. The third-order valence-electron chi connectivity index (χ3n) is 5.81. The highest BCUT2D eigenvalue weighted by Crippen LogP contribution is 2.18. The fourth-order valence-corrected chi connectivity index (χ4v) is 4.41. The summed E-state index contributed by atoms with van der Waals surface area (Å²) in [5.74, 6) is -1.07. The van der Waals surface area contributed by atoms with Crippen LogP contribution in [-0.4, -0.2) is 44.2 Å². The molecule has 4 nitrogen and oxygen atoms in total. The van der Waals surface area contributed by atoms with Crippen LogP contribution < -0.4 is 16.0 Å². The Bertz CT molecular complexity index is 1010. The highest BCUT2D eigenvalue weighted by atomic mass is 35.5. The molecule has 0 saturated heterocycles. The zero-order valence-electron chi connectivity index (χ0n) is 20.3. The first-order valence-corrected chi connectivity index (χ1v) is 13.1. The van der Waals surface area contributed by atoms with Gasteiger partial charge in [0.25, 0.3) is 0 Å². The predicted octanol–water partition coefficient (Wildman–Crippen LogP) is 6.04. The Morgan fingerprint density at radius 3 is 1.08 bits per heavy atom. The average Bonchev–Trinajstić information content (AvgIpc) is 2.85. The monoisotopic (exact) mass is 572 g/mol. The van der Waals surface area contributed by atoms with Crippen LogP contribution >= 0.6 is 34.8 Å². The highest BCUT2D eigenvalue weighted by molar-refractivity contribution is 6.32. The number of nitrogens with one attached hydrogen (secondary N) is 3. The first-order chi connectivity index (χ1) is 17.8. The van der Waals surface area contributed by atoms with Crippen molar-refractivity contribution >= 4 is 34.8 Å². The maximum absolute atomic E-state index is 13.3. The molecule has 0 unspecified atom stereocenters. The molecule has 0 atom stereocenters. The van der Waals surface area contributed by atoms with Crippen molar-refractivity contribution in [3.8, 4) is 0 Å². The SMILES string of the molecule is Fc1ccc(CNCCN(CCNCc2ccc(F)cc2Cl)CCNCc2ccc(F)cc2Cl)c(Cl)c1. The van der Waals surface area contributed by atoms with Crippen LogP contribution in [-0.2, 0) is 19.6 Å². The maximum atomic E-state index is 13.3. The summed E-state index contributed by atoms with van der Waals surface area (Å²) < 4.78 is 39.8. The van der Waals surface area contributed by atoms with Crippen LogP contribution in [0.15, 0.2) is 54.6 Å². The summed E-state index contributed by atoms with van der Waals surface area (Å²) in [6.45, 7) is 6.06. The van der Waals surface area contributed by atoms with E-state index in [1.807, 2.05) is 0 Å². The van der Waals surface area contributed by atoms with Gasteiger partial charge < -0.3 is 16.0 Å². The molecule has 3 rings (SSSR count). The average molecular weight is 574 g/mol. The summed E-state index contributed by atoms with van der Waals surface area (Å²) in [5.41, 5.74) is 2.51. The second-order valence-corrected chi connectivity index (χ2v) is 9.80. The van der Waals surface area contributed by atoms with Gasteiger partial charge in [0.15, 0.2) is 0 Å². The summed E-state index contributed by atoms with van der Waals surface area (Å²) in [4.78, 5) is 2.29. The summed E-state index contributed by atoms with van der Waals surface area (Å²) in [5, 5.41) is 11.3. The summed E-state index contributed by atoms with van der Waals surface area (Å²) in [7, 11) is 0. The Kier molecular flexibility index (Phi) is 12.5. The van der Waals surface area contributed by atoms with Gasteiger partial charge in [0, 0.05) is 74.0 Å². The molecule has 200 valence electrons. The molecule has 0 aliphatic heterocycles. The van der Waals surface area contributed by atoms with Crippen molar-refractivity contribution in [1.82, 2.24) is 20.9 Å². The van der Waals surface area contributed by atoms with Crippen LogP contribution in [0.25, 0.3) is 0 Å². The van der Waals surface area contributed by atoms with Gasteiger partial charge in [-0.3, -0.25) is 4.90 Å². The van der Waals surface area contributed by atoms with E-state index in [1.54, 1.807) is 18.2 Å². The molecule has 10 heteroatoms. The number of nitrogens with zero attached hydrogens (tertiary/aromatic N) is 1. The molecule has 0 radical (unpaired) electrons. The minimum Gasteiger partial charge on any atom is -0.311 e. The molecule has 3 N–H and O–H groups in total. The fourth-order valence-electron chi connectivity index (χ4n) is 3.71. The summed E-state index contributed by atoms with van der Waals surface area (Å²) >= 11 is 18.3. The molecule has 0 heterocycles. The standard InChI is InChI=1S/C27H30Cl3F3N4/c28-25-13-22(31)4-1-19(25)16-34-7-10-37(11-8-35-17-20-2-5-23(32)14-26(20)29)12-9-36-18-21-3-6-24(33)15-27(21)30/h1-6,13-15,34-36H,7-12,16-18H2. The van der Waals surface area contributed by atoms with Gasteiger partial charge in [0.2, 0.25) is 0 Å². The van der Waals surface area contributed by atoms with Crippen LogP contribution in [0.1, 0.15) is 16.7 Å². The van der Waals surface area contributed by atoms with Crippen LogP contribution in [0, 0.1) is 17.5 Å². The predicted molar refractivity (Wildman–Crippen MR) is 146 cm³/mol. The molecule has 37 heavy (non-hydrogen) atoms. The van der Waals surface area contributed by atoms with Crippen LogP contribution in [0.4, 0.5) is 13.2 Å². The number of hydrogen-bond acceptors (Lipinski definition) is 4. The van der Waals surface area contributed by atoms with E-state index in [0.717, 1.165) is 36.3 Å². The molecule has 0 saturated carbocycles. The number of benzene rings is 3. The van der Waals surface area contributed by atoms with Crippen molar-refractivity contribution in [3.63, 3.8) is 0 Å². The van der Waals surface area contributed by atoms with Gasteiger partial charge in [0.1, 0.15) is 17.5 Å². The molecule has 0 amide bonds. The van der Waals surface area contributed by atoms with Crippen molar-refractivity contribution in [3.05, 3.63) is 104 Å². The van der Waals surface area contributed by atoms with Crippen LogP contribution in [0.3, 0.4) is 0 Å². The smallest absolute Gasteiger partial charge is 0.124 e. The van der Waals surface area contributed by atoms with Gasteiger partial charge in [-0.15, -0.1) is 0 Å². The van der Waals surface area contributed by atoms with Crippen molar-refractivity contribution in [2.45, 2.75) is 19.6 Å². The molecule has 0 spiro atoms. The molecule has 0 fully saturated rings. The molecule has 0 bridgehead atoms. The fraction of sp³-hybridized carbons (Fsp3) is 0.333. The molecular weight excluding hydrogens is 544 g/mol. The number of rotatable bonds is 15. The normalized spacial score (nSPS) is 11.4. The quantitative estimate of drug-likeness (QED) is 0.194. The van der Waals surface area contributed by atoms with Gasteiger partial charge in [-0.1, -0.05) is 53.0 Å². The minimum absolute atomic E-state index is 0.358. The molecule has 3 aromatic carbocycles.